The molecule has 1 aromatic heterocycles. The summed E-state index contributed by atoms with van der Waals surface area (Å²) < 4.78 is 0. The molecule has 2 aromatic carbocycles. The number of nitrogens with zero attached hydrogens (tertiary/aromatic N) is 3. The zero-order valence-corrected chi connectivity index (χ0v) is 15.7. The lowest BCUT2D eigenvalue weighted by Crippen LogP contribution is -2.17. The van der Waals surface area contributed by atoms with Crippen LogP contribution in [0.25, 0.3) is 11.3 Å². The lowest BCUT2D eigenvalue weighted by Gasteiger charge is -2.17. The second kappa shape index (κ2) is 7.70. The normalized spacial score (nSPS) is 14.3. The summed E-state index contributed by atoms with van der Waals surface area (Å²) in [6, 6.07) is 17.0. The molecule has 0 radical (unpaired) electrons. The molecule has 1 N–H and O–H groups in total. The average molecular weight is 363 g/mol. The fraction of sp³-hybridized carbons (Fsp3) is 0.238. The van der Waals surface area contributed by atoms with Gasteiger partial charge in [-0.15, -0.1) is 11.3 Å². The van der Waals surface area contributed by atoms with Crippen LogP contribution in [0.5, 0.6) is 0 Å². The van der Waals surface area contributed by atoms with E-state index in [1.54, 1.807) is 11.3 Å². The average Bonchev–Trinajstić information content (AvgIpc) is 3.35. The molecule has 1 aliphatic heterocycles. The van der Waals surface area contributed by atoms with Crippen LogP contribution < -0.4 is 10.3 Å². The van der Waals surface area contributed by atoms with Gasteiger partial charge in [-0.25, -0.2) is 4.98 Å². The molecule has 0 unspecified atom stereocenters. The molecule has 4 rings (SSSR count). The highest BCUT2D eigenvalue weighted by atomic mass is 32.1. The minimum absolute atomic E-state index is 0.797. The zero-order valence-electron chi connectivity index (χ0n) is 14.9. The maximum Gasteiger partial charge on any atom is 0.203 e. The van der Waals surface area contributed by atoms with Crippen LogP contribution in [0.1, 0.15) is 24.0 Å². The Labute approximate surface area is 158 Å². The minimum atomic E-state index is 0.797. The monoisotopic (exact) mass is 362 g/mol. The van der Waals surface area contributed by atoms with E-state index in [0.717, 1.165) is 22.0 Å². The summed E-state index contributed by atoms with van der Waals surface area (Å²) in [5.41, 5.74) is 8.76. The highest BCUT2D eigenvalue weighted by molar-refractivity contribution is 7.14. The Morgan fingerprint density at radius 1 is 1.04 bits per heavy atom. The molecule has 1 aliphatic rings. The first-order chi connectivity index (χ1) is 12.8. The Hall–Kier alpha value is -2.66. The quantitative estimate of drug-likeness (QED) is 0.503. The number of thiazole rings is 1. The number of aryl methyl sites for hydroxylation is 1. The van der Waals surface area contributed by atoms with Crippen LogP contribution in [0.3, 0.4) is 0 Å². The van der Waals surface area contributed by atoms with Crippen LogP contribution >= 0.6 is 11.3 Å². The van der Waals surface area contributed by atoms with Gasteiger partial charge in [-0.05, 0) is 37.5 Å². The van der Waals surface area contributed by atoms with Crippen molar-refractivity contribution in [1.82, 2.24) is 4.98 Å². The molecule has 1 fully saturated rings. The molecule has 0 atom stereocenters. The van der Waals surface area contributed by atoms with Gasteiger partial charge in [0.1, 0.15) is 0 Å². The summed E-state index contributed by atoms with van der Waals surface area (Å²) >= 11 is 1.56. The maximum atomic E-state index is 4.59. The smallest absolute Gasteiger partial charge is 0.203 e. The highest BCUT2D eigenvalue weighted by Gasteiger charge is 2.11. The summed E-state index contributed by atoms with van der Waals surface area (Å²) in [6.45, 7) is 4.43. The second-order valence-electron chi connectivity index (χ2n) is 6.56. The molecular formula is C21H22N4S. The summed E-state index contributed by atoms with van der Waals surface area (Å²) in [6.07, 6.45) is 4.43. The first-order valence-corrected chi connectivity index (χ1v) is 9.82. The molecule has 0 bridgehead atoms. The molecule has 132 valence electrons. The molecular weight excluding hydrogens is 340 g/mol. The van der Waals surface area contributed by atoms with Crippen molar-refractivity contribution in [1.29, 1.82) is 0 Å². The number of nitrogens with one attached hydrogen (secondary N) is 1. The van der Waals surface area contributed by atoms with Crippen molar-refractivity contribution in [3.8, 4) is 11.3 Å². The van der Waals surface area contributed by atoms with E-state index in [1.807, 2.05) is 11.6 Å². The van der Waals surface area contributed by atoms with Gasteiger partial charge in [0.2, 0.25) is 5.13 Å². The Morgan fingerprint density at radius 2 is 1.77 bits per heavy atom. The van der Waals surface area contributed by atoms with Gasteiger partial charge in [0.05, 0.1) is 11.9 Å². The number of aromatic nitrogens is 1. The Morgan fingerprint density at radius 3 is 2.50 bits per heavy atom. The molecule has 4 nitrogen and oxygen atoms in total. The first-order valence-electron chi connectivity index (χ1n) is 8.94. The van der Waals surface area contributed by atoms with Crippen molar-refractivity contribution in [3.05, 3.63) is 65.0 Å². The topological polar surface area (TPSA) is 40.5 Å². The third-order valence-corrected chi connectivity index (χ3v) is 5.34. The van der Waals surface area contributed by atoms with Crippen molar-refractivity contribution >= 4 is 28.4 Å². The van der Waals surface area contributed by atoms with Crippen molar-refractivity contribution in [3.63, 3.8) is 0 Å². The molecule has 0 aliphatic carbocycles. The summed E-state index contributed by atoms with van der Waals surface area (Å²) in [7, 11) is 0. The van der Waals surface area contributed by atoms with Gasteiger partial charge >= 0.3 is 0 Å². The van der Waals surface area contributed by atoms with E-state index in [9.17, 15) is 0 Å². The van der Waals surface area contributed by atoms with E-state index in [1.165, 1.54) is 37.2 Å². The van der Waals surface area contributed by atoms with Crippen LogP contribution in [0, 0.1) is 6.92 Å². The Balaban J connectivity index is 1.37. The SMILES string of the molecule is Cc1ccc(-c2csc(N/N=C/c3ccc(N4CCCC4)cc3)n2)cc1. The molecule has 0 amide bonds. The van der Waals surface area contributed by atoms with E-state index in [-0.39, 0.29) is 0 Å². The molecule has 26 heavy (non-hydrogen) atoms. The van der Waals surface area contributed by atoms with Crippen LogP contribution in [0.15, 0.2) is 59.0 Å². The van der Waals surface area contributed by atoms with Crippen LogP contribution in [0.4, 0.5) is 10.8 Å². The van der Waals surface area contributed by atoms with Crippen LogP contribution in [0.2, 0.25) is 0 Å². The number of anilines is 2. The van der Waals surface area contributed by atoms with Crippen LogP contribution in [-0.4, -0.2) is 24.3 Å². The van der Waals surface area contributed by atoms with Crippen molar-refractivity contribution in [2.24, 2.45) is 5.10 Å². The highest BCUT2D eigenvalue weighted by Crippen LogP contribution is 2.25. The molecule has 5 heteroatoms. The molecule has 0 saturated carbocycles. The van der Waals surface area contributed by atoms with Crippen molar-refractivity contribution in [2.75, 3.05) is 23.4 Å². The fourth-order valence-corrected chi connectivity index (χ4v) is 3.76. The van der Waals surface area contributed by atoms with Gasteiger partial charge in [0.15, 0.2) is 0 Å². The fourth-order valence-electron chi connectivity index (χ4n) is 3.09. The third-order valence-electron chi connectivity index (χ3n) is 4.59. The predicted octanol–water partition coefficient (Wildman–Crippen LogP) is 5.16. The molecule has 3 aromatic rings. The largest absolute Gasteiger partial charge is 0.372 e. The van der Waals surface area contributed by atoms with E-state index >= 15 is 0 Å². The number of rotatable bonds is 5. The van der Waals surface area contributed by atoms with E-state index in [4.69, 9.17) is 0 Å². The molecule has 0 spiro atoms. The zero-order chi connectivity index (χ0) is 17.8. The maximum absolute atomic E-state index is 4.59. The summed E-state index contributed by atoms with van der Waals surface area (Å²) in [5.74, 6) is 0. The number of hydrogen-bond donors (Lipinski definition) is 1. The van der Waals surface area contributed by atoms with E-state index in [2.05, 4.69) is 75.9 Å². The Bertz CT molecular complexity index is 875. The van der Waals surface area contributed by atoms with Gasteiger partial charge in [-0.3, -0.25) is 5.43 Å². The second-order valence-corrected chi connectivity index (χ2v) is 7.42. The van der Waals surface area contributed by atoms with Gasteiger partial charge in [0, 0.05) is 29.7 Å². The summed E-state index contributed by atoms with van der Waals surface area (Å²) in [5, 5.41) is 7.17. The van der Waals surface area contributed by atoms with E-state index < -0.39 is 0 Å². The molecule has 2 heterocycles. The first kappa shape index (κ1) is 16.8. The van der Waals surface area contributed by atoms with Crippen molar-refractivity contribution < 1.29 is 0 Å². The number of hydrogen-bond acceptors (Lipinski definition) is 5. The van der Waals surface area contributed by atoms with Gasteiger partial charge in [-0.1, -0.05) is 42.0 Å². The third kappa shape index (κ3) is 3.94. The number of hydrazone groups is 1. The standard InChI is InChI=1S/C21H22N4S/c1-16-4-8-18(9-5-16)20-15-26-21(23-20)24-22-14-17-6-10-19(11-7-17)25-12-2-3-13-25/h4-11,14-15H,2-3,12-13H2,1H3,(H,23,24)/b22-14+. The summed E-state index contributed by atoms with van der Waals surface area (Å²) in [4.78, 5) is 7.03. The lowest BCUT2D eigenvalue weighted by molar-refractivity contribution is 0.949. The number of benzene rings is 2. The molecule has 1 saturated heterocycles. The minimum Gasteiger partial charge on any atom is -0.372 e. The Kier molecular flexibility index (Phi) is 4.97. The van der Waals surface area contributed by atoms with Crippen molar-refractivity contribution in [2.45, 2.75) is 19.8 Å². The van der Waals surface area contributed by atoms with Crippen LogP contribution in [-0.2, 0) is 0 Å². The van der Waals surface area contributed by atoms with Gasteiger partial charge in [-0.2, -0.15) is 5.10 Å². The van der Waals surface area contributed by atoms with Gasteiger partial charge in [0.25, 0.3) is 0 Å². The lowest BCUT2D eigenvalue weighted by atomic mass is 10.1. The van der Waals surface area contributed by atoms with Gasteiger partial charge < -0.3 is 4.90 Å². The predicted molar refractivity (Wildman–Crippen MR) is 111 cm³/mol. The van der Waals surface area contributed by atoms with E-state index in [0.29, 0.717) is 0 Å².